The van der Waals surface area contributed by atoms with E-state index in [4.69, 9.17) is 11.6 Å². The first kappa shape index (κ1) is 12.4. The third-order valence-corrected chi connectivity index (χ3v) is 3.12. The molecule has 1 amide bonds. The maximum absolute atomic E-state index is 11.7. The van der Waals surface area contributed by atoms with Crippen molar-refractivity contribution in [2.45, 2.75) is 32.7 Å². The molecule has 1 aliphatic carbocycles. The zero-order valence-electron chi connectivity index (χ0n) is 10.1. The van der Waals surface area contributed by atoms with Crippen LogP contribution in [-0.2, 0) is 4.79 Å². The molecular formula is C13H17ClN2O. The fraction of sp³-hybridized carbons (Fsp3) is 0.462. The Morgan fingerprint density at radius 1 is 1.41 bits per heavy atom. The Morgan fingerprint density at radius 3 is 2.71 bits per heavy atom. The van der Waals surface area contributed by atoms with Gasteiger partial charge < -0.3 is 10.6 Å². The van der Waals surface area contributed by atoms with E-state index in [1.54, 1.807) is 0 Å². The molecule has 92 valence electrons. The van der Waals surface area contributed by atoms with Gasteiger partial charge in [0.25, 0.3) is 0 Å². The van der Waals surface area contributed by atoms with Crippen LogP contribution in [0, 0.1) is 13.8 Å². The van der Waals surface area contributed by atoms with Gasteiger partial charge in [-0.25, -0.2) is 0 Å². The van der Waals surface area contributed by atoms with Crippen LogP contribution in [0.5, 0.6) is 0 Å². The lowest BCUT2D eigenvalue weighted by Gasteiger charge is -2.11. The molecule has 3 nitrogen and oxygen atoms in total. The average Bonchev–Trinajstić information content (AvgIpc) is 3.04. The number of carbonyl (C=O) groups is 1. The molecule has 0 heterocycles. The van der Waals surface area contributed by atoms with Crippen molar-refractivity contribution in [2.75, 3.05) is 11.9 Å². The van der Waals surface area contributed by atoms with Crippen molar-refractivity contribution in [2.24, 2.45) is 0 Å². The second kappa shape index (κ2) is 5.07. The number of rotatable bonds is 4. The van der Waals surface area contributed by atoms with Gasteiger partial charge in [-0.2, -0.15) is 0 Å². The summed E-state index contributed by atoms with van der Waals surface area (Å²) < 4.78 is 0. The van der Waals surface area contributed by atoms with Crippen LogP contribution in [0.3, 0.4) is 0 Å². The topological polar surface area (TPSA) is 41.1 Å². The molecule has 0 unspecified atom stereocenters. The number of hydrogen-bond acceptors (Lipinski definition) is 2. The Balaban J connectivity index is 1.99. The Hall–Kier alpha value is -1.06. The van der Waals surface area contributed by atoms with Gasteiger partial charge in [0.15, 0.2) is 0 Å². The van der Waals surface area contributed by atoms with Gasteiger partial charge in [-0.1, -0.05) is 17.7 Å². The van der Waals surface area contributed by atoms with Crippen LogP contribution < -0.4 is 10.6 Å². The third kappa shape index (κ3) is 3.45. The van der Waals surface area contributed by atoms with Gasteiger partial charge in [0, 0.05) is 6.04 Å². The van der Waals surface area contributed by atoms with Crippen molar-refractivity contribution in [3.63, 3.8) is 0 Å². The summed E-state index contributed by atoms with van der Waals surface area (Å²) in [6.07, 6.45) is 2.36. The van der Waals surface area contributed by atoms with Crippen molar-refractivity contribution in [1.82, 2.24) is 5.32 Å². The summed E-state index contributed by atoms with van der Waals surface area (Å²) in [5.74, 6) is -0.0363. The Labute approximate surface area is 107 Å². The molecule has 0 bridgehead atoms. The van der Waals surface area contributed by atoms with Crippen LogP contribution >= 0.6 is 11.6 Å². The molecule has 1 aromatic rings. The number of aryl methyl sites for hydroxylation is 2. The third-order valence-electron chi connectivity index (χ3n) is 2.82. The fourth-order valence-electron chi connectivity index (χ4n) is 1.78. The van der Waals surface area contributed by atoms with E-state index in [2.05, 4.69) is 10.6 Å². The van der Waals surface area contributed by atoms with Gasteiger partial charge in [0.05, 0.1) is 17.3 Å². The van der Waals surface area contributed by atoms with E-state index in [-0.39, 0.29) is 5.91 Å². The summed E-state index contributed by atoms with van der Waals surface area (Å²) >= 11 is 6.12. The summed E-state index contributed by atoms with van der Waals surface area (Å²) in [6, 6.07) is 4.41. The molecule has 1 aliphatic rings. The largest absolute Gasteiger partial charge is 0.323 e. The van der Waals surface area contributed by atoms with Gasteiger partial charge >= 0.3 is 0 Å². The minimum atomic E-state index is -0.0363. The lowest BCUT2D eigenvalue weighted by molar-refractivity contribution is -0.115. The van der Waals surface area contributed by atoms with Crippen molar-refractivity contribution in [1.29, 1.82) is 0 Å². The average molecular weight is 253 g/mol. The molecule has 0 aliphatic heterocycles. The molecule has 1 fully saturated rings. The summed E-state index contributed by atoms with van der Waals surface area (Å²) in [5.41, 5.74) is 2.82. The lowest BCUT2D eigenvalue weighted by atomic mass is 10.1. The number of nitrogens with one attached hydrogen (secondary N) is 2. The van der Waals surface area contributed by atoms with Crippen molar-refractivity contribution < 1.29 is 4.79 Å². The first-order chi connectivity index (χ1) is 8.06. The first-order valence-electron chi connectivity index (χ1n) is 5.86. The van der Waals surface area contributed by atoms with E-state index in [1.807, 2.05) is 26.0 Å². The number of benzene rings is 1. The summed E-state index contributed by atoms with van der Waals surface area (Å²) in [6.45, 7) is 4.29. The van der Waals surface area contributed by atoms with Crippen LogP contribution in [0.15, 0.2) is 12.1 Å². The molecule has 0 aromatic heterocycles. The molecule has 1 saturated carbocycles. The van der Waals surface area contributed by atoms with Crippen molar-refractivity contribution in [3.8, 4) is 0 Å². The molecule has 4 heteroatoms. The molecular weight excluding hydrogens is 236 g/mol. The SMILES string of the molecule is Cc1cc(C)c(NC(=O)CNC2CC2)c(Cl)c1. The van der Waals surface area contributed by atoms with Gasteiger partial charge in [-0.3, -0.25) is 4.79 Å². The predicted molar refractivity (Wildman–Crippen MR) is 70.6 cm³/mol. The lowest BCUT2D eigenvalue weighted by Crippen LogP contribution is -2.29. The number of hydrogen-bond donors (Lipinski definition) is 2. The molecule has 17 heavy (non-hydrogen) atoms. The van der Waals surface area contributed by atoms with Gasteiger partial charge in [0.2, 0.25) is 5.91 Å². The minimum absolute atomic E-state index is 0.0363. The van der Waals surface area contributed by atoms with E-state index in [9.17, 15) is 4.79 Å². The molecule has 2 rings (SSSR count). The molecule has 1 aromatic carbocycles. The molecule has 0 spiro atoms. The summed E-state index contributed by atoms with van der Waals surface area (Å²) in [5, 5.41) is 6.63. The van der Waals surface area contributed by atoms with Crippen LogP contribution in [0.1, 0.15) is 24.0 Å². The molecule has 0 radical (unpaired) electrons. The smallest absolute Gasteiger partial charge is 0.238 e. The van der Waals surface area contributed by atoms with Crippen molar-refractivity contribution >= 4 is 23.2 Å². The Morgan fingerprint density at radius 2 is 2.12 bits per heavy atom. The molecule has 0 atom stereocenters. The van der Waals surface area contributed by atoms with E-state index >= 15 is 0 Å². The van der Waals surface area contributed by atoms with Gasteiger partial charge in [0.1, 0.15) is 0 Å². The highest BCUT2D eigenvalue weighted by Gasteiger charge is 2.21. The molecule has 0 saturated heterocycles. The first-order valence-corrected chi connectivity index (χ1v) is 6.24. The van der Waals surface area contributed by atoms with Crippen LogP contribution in [0.2, 0.25) is 5.02 Å². The second-order valence-corrected chi connectivity index (χ2v) is 5.05. The van der Waals surface area contributed by atoms with Gasteiger partial charge in [-0.15, -0.1) is 0 Å². The zero-order chi connectivity index (χ0) is 12.4. The summed E-state index contributed by atoms with van der Waals surface area (Å²) in [4.78, 5) is 11.7. The normalized spacial score (nSPS) is 14.8. The standard InChI is InChI=1S/C13H17ClN2O/c1-8-5-9(2)13(11(14)6-8)16-12(17)7-15-10-3-4-10/h5-6,10,15H,3-4,7H2,1-2H3,(H,16,17). The number of carbonyl (C=O) groups excluding carboxylic acids is 1. The zero-order valence-corrected chi connectivity index (χ0v) is 10.9. The molecule has 2 N–H and O–H groups in total. The Kier molecular flexibility index (Phi) is 3.69. The van der Waals surface area contributed by atoms with E-state index in [1.165, 1.54) is 12.8 Å². The van der Waals surface area contributed by atoms with Crippen molar-refractivity contribution in [3.05, 3.63) is 28.3 Å². The van der Waals surface area contributed by atoms with E-state index in [0.717, 1.165) is 16.8 Å². The van der Waals surface area contributed by atoms with Crippen LogP contribution in [-0.4, -0.2) is 18.5 Å². The van der Waals surface area contributed by atoms with E-state index < -0.39 is 0 Å². The highest BCUT2D eigenvalue weighted by atomic mass is 35.5. The Bertz CT molecular complexity index is 418. The monoisotopic (exact) mass is 252 g/mol. The van der Waals surface area contributed by atoms with E-state index in [0.29, 0.717) is 17.6 Å². The number of amides is 1. The van der Waals surface area contributed by atoms with Crippen LogP contribution in [0.4, 0.5) is 5.69 Å². The minimum Gasteiger partial charge on any atom is -0.323 e. The fourth-order valence-corrected chi connectivity index (χ4v) is 2.15. The maximum Gasteiger partial charge on any atom is 0.238 e. The second-order valence-electron chi connectivity index (χ2n) is 4.64. The number of anilines is 1. The van der Waals surface area contributed by atoms with Gasteiger partial charge in [-0.05, 0) is 43.9 Å². The highest BCUT2D eigenvalue weighted by Crippen LogP contribution is 2.27. The maximum atomic E-state index is 11.7. The predicted octanol–water partition coefficient (Wildman–Crippen LogP) is 2.65. The highest BCUT2D eigenvalue weighted by molar-refractivity contribution is 6.34. The number of halogens is 1. The van der Waals surface area contributed by atoms with Crippen LogP contribution in [0.25, 0.3) is 0 Å². The quantitative estimate of drug-likeness (QED) is 0.865. The summed E-state index contributed by atoms with van der Waals surface area (Å²) in [7, 11) is 0.